The zero-order valence-electron chi connectivity index (χ0n) is 31.7. The van der Waals surface area contributed by atoms with E-state index in [2.05, 4.69) is 181 Å². The Morgan fingerprint density at radius 3 is 1.51 bits per heavy atom. The van der Waals surface area contributed by atoms with Crippen LogP contribution in [0.5, 0.6) is 0 Å². The van der Waals surface area contributed by atoms with E-state index in [1.807, 2.05) is 24.3 Å². The third-order valence-electron chi connectivity index (χ3n) is 12.5. The second kappa shape index (κ2) is 12.1. The van der Waals surface area contributed by atoms with Gasteiger partial charge in [0.2, 0.25) is 0 Å². The van der Waals surface area contributed by atoms with Gasteiger partial charge in [-0.1, -0.05) is 133 Å². The minimum absolute atomic E-state index is 0.699. The average molecular weight is 756 g/mol. The molecule has 1 aliphatic carbocycles. The van der Waals surface area contributed by atoms with Gasteiger partial charge in [-0.15, -0.1) is 0 Å². The molecule has 4 nitrogen and oxygen atoms in total. The first-order valence-electron chi connectivity index (χ1n) is 20.1. The van der Waals surface area contributed by atoms with Crippen LogP contribution in [0.3, 0.4) is 0 Å². The first kappa shape index (κ1) is 32.3. The number of para-hydroxylation sites is 3. The zero-order chi connectivity index (χ0) is 38.7. The molecule has 13 rings (SSSR count). The first-order chi connectivity index (χ1) is 29.2. The van der Waals surface area contributed by atoms with Gasteiger partial charge >= 0.3 is 0 Å². The molecule has 3 aromatic heterocycles. The van der Waals surface area contributed by atoms with E-state index in [1.165, 1.54) is 27.8 Å². The summed E-state index contributed by atoms with van der Waals surface area (Å²) in [5.74, 6) is 0. The van der Waals surface area contributed by atoms with Gasteiger partial charge in [0.15, 0.2) is 0 Å². The summed E-state index contributed by atoms with van der Waals surface area (Å²) in [5.41, 5.74) is 14.6. The number of rotatable bonds is 5. The predicted octanol–water partition coefficient (Wildman–Crippen LogP) is 15.2. The van der Waals surface area contributed by atoms with Crippen molar-refractivity contribution in [2.75, 3.05) is 4.90 Å². The molecular weight excluding hydrogens is 723 g/mol. The number of benzene rings is 9. The van der Waals surface area contributed by atoms with Crippen molar-refractivity contribution in [3.8, 4) is 11.1 Å². The Kier molecular flexibility index (Phi) is 6.62. The summed E-state index contributed by atoms with van der Waals surface area (Å²) in [6.07, 6.45) is 0. The Balaban J connectivity index is 1.17. The van der Waals surface area contributed by atoms with Gasteiger partial charge in [0.25, 0.3) is 0 Å². The molecule has 276 valence electrons. The van der Waals surface area contributed by atoms with E-state index in [4.69, 9.17) is 13.3 Å². The molecule has 0 bridgehead atoms. The lowest BCUT2D eigenvalue weighted by Gasteiger charge is -2.35. The highest BCUT2D eigenvalue weighted by Gasteiger charge is 2.48. The highest BCUT2D eigenvalue weighted by atomic mass is 16.3. The smallest absolute Gasteiger partial charge is 0.140 e. The predicted molar refractivity (Wildman–Crippen MR) is 240 cm³/mol. The molecule has 0 fully saturated rings. The second-order valence-corrected chi connectivity index (χ2v) is 15.6. The van der Waals surface area contributed by atoms with E-state index in [0.717, 1.165) is 88.4 Å². The molecule has 59 heavy (non-hydrogen) atoms. The number of hydrogen-bond donors (Lipinski definition) is 0. The minimum atomic E-state index is -0.699. The fourth-order valence-electron chi connectivity index (χ4n) is 10.1. The molecule has 0 amide bonds. The lowest BCUT2D eigenvalue weighted by Crippen LogP contribution is -2.29. The van der Waals surface area contributed by atoms with Crippen molar-refractivity contribution in [1.29, 1.82) is 0 Å². The van der Waals surface area contributed by atoms with Crippen molar-refractivity contribution in [2.45, 2.75) is 5.41 Å². The normalized spacial score (nSPS) is 13.2. The molecule has 9 aromatic carbocycles. The van der Waals surface area contributed by atoms with Gasteiger partial charge < -0.3 is 18.2 Å². The van der Waals surface area contributed by atoms with Crippen LogP contribution < -0.4 is 4.90 Å². The van der Waals surface area contributed by atoms with Crippen LogP contribution in [0, 0.1) is 0 Å². The molecule has 0 radical (unpaired) electrons. The molecule has 0 unspecified atom stereocenters. The molecule has 3 heterocycles. The topological polar surface area (TPSA) is 42.7 Å². The van der Waals surface area contributed by atoms with E-state index >= 15 is 0 Å². The van der Waals surface area contributed by atoms with Gasteiger partial charge in [-0.25, -0.2) is 0 Å². The fraction of sp³-hybridized carbons (Fsp3) is 0.0182. The molecule has 4 heteroatoms. The second-order valence-electron chi connectivity index (χ2n) is 15.6. The van der Waals surface area contributed by atoms with Crippen molar-refractivity contribution in [2.24, 2.45) is 0 Å². The summed E-state index contributed by atoms with van der Waals surface area (Å²) in [6.45, 7) is 0. The number of hydrogen-bond acceptors (Lipinski definition) is 4. The van der Waals surface area contributed by atoms with Crippen LogP contribution in [0.4, 0.5) is 17.1 Å². The maximum absolute atomic E-state index is 7.06. The summed E-state index contributed by atoms with van der Waals surface area (Å²) in [7, 11) is 0. The van der Waals surface area contributed by atoms with Crippen LogP contribution in [0.25, 0.3) is 76.9 Å². The van der Waals surface area contributed by atoms with Crippen molar-refractivity contribution in [3.05, 3.63) is 222 Å². The fourth-order valence-corrected chi connectivity index (χ4v) is 10.1. The molecule has 0 N–H and O–H groups in total. The Bertz CT molecular complexity index is 3600. The van der Waals surface area contributed by atoms with Gasteiger partial charge in [-0.2, -0.15) is 0 Å². The summed E-state index contributed by atoms with van der Waals surface area (Å²) >= 11 is 0. The third kappa shape index (κ3) is 4.48. The number of furan rings is 3. The molecule has 0 saturated heterocycles. The molecule has 1 aliphatic rings. The zero-order valence-corrected chi connectivity index (χ0v) is 31.7. The molecule has 0 spiro atoms. The maximum atomic E-state index is 7.06. The summed E-state index contributed by atoms with van der Waals surface area (Å²) in [5, 5.41) is 6.44. The van der Waals surface area contributed by atoms with Crippen LogP contribution >= 0.6 is 0 Å². The van der Waals surface area contributed by atoms with E-state index in [9.17, 15) is 0 Å². The standard InChI is InChI=1S/C55H33NO3/c1-2-14-34(15-3-1)55(46-21-9-4-16-38(46)39-17-5-10-22-47(39)55)48-32-37(31-45-42-20-8-13-25-51(42)59-54(45)48)56(35-27-29-52-44(30-35)41-19-7-12-24-50(41)57-52)36-26-28-43-40-18-6-11-23-49(40)58-53(43)33-36/h1-33H. The molecule has 12 aromatic rings. The lowest BCUT2D eigenvalue weighted by molar-refractivity contribution is 0.648. The van der Waals surface area contributed by atoms with Crippen molar-refractivity contribution in [1.82, 2.24) is 0 Å². The van der Waals surface area contributed by atoms with E-state index < -0.39 is 5.41 Å². The van der Waals surface area contributed by atoms with E-state index in [0.29, 0.717) is 0 Å². The minimum Gasteiger partial charge on any atom is -0.456 e. The van der Waals surface area contributed by atoms with Gasteiger partial charge in [-0.3, -0.25) is 0 Å². The highest BCUT2D eigenvalue weighted by Crippen LogP contribution is 2.58. The molecular formula is C55H33NO3. The van der Waals surface area contributed by atoms with Gasteiger partial charge in [0, 0.05) is 61.0 Å². The summed E-state index contributed by atoms with van der Waals surface area (Å²) < 4.78 is 20.0. The van der Waals surface area contributed by atoms with Crippen LogP contribution in [-0.2, 0) is 5.41 Å². The summed E-state index contributed by atoms with van der Waals surface area (Å²) in [6, 6.07) is 71.4. The lowest BCUT2D eigenvalue weighted by atomic mass is 9.67. The van der Waals surface area contributed by atoms with Crippen molar-refractivity contribution < 1.29 is 13.3 Å². The number of fused-ring (bicyclic) bond motifs is 12. The molecule has 0 saturated carbocycles. The largest absolute Gasteiger partial charge is 0.456 e. The quantitative estimate of drug-likeness (QED) is 0.175. The Labute approximate surface area is 338 Å². The van der Waals surface area contributed by atoms with E-state index in [-0.39, 0.29) is 0 Å². The average Bonchev–Trinajstić information content (AvgIpc) is 4.05. The van der Waals surface area contributed by atoms with Crippen LogP contribution in [-0.4, -0.2) is 0 Å². The number of nitrogens with zero attached hydrogens (tertiary/aromatic N) is 1. The SMILES string of the molecule is c1ccc(C2(c3cc(N(c4ccc5c(c4)oc4ccccc45)c4ccc5oc6ccccc6c5c4)cc4c3oc3ccccc34)c3ccccc3-c3ccccc32)cc1. The van der Waals surface area contributed by atoms with Crippen LogP contribution in [0.1, 0.15) is 22.3 Å². The van der Waals surface area contributed by atoms with Crippen molar-refractivity contribution >= 4 is 82.9 Å². The Morgan fingerprint density at radius 1 is 0.305 bits per heavy atom. The Morgan fingerprint density at radius 2 is 0.797 bits per heavy atom. The van der Waals surface area contributed by atoms with Crippen molar-refractivity contribution in [3.63, 3.8) is 0 Å². The van der Waals surface area contributed by atoms with E-state index in [1.54, 1.807) is 0 Å². The van der Waals surface area contributed by atoms with Crippen LogP contribution in [0.2, 0.25) is 0 Å². The van der Waals surface area contributed by atoms with Gasteiger partial charge in [0.05, 0.1) is 5.41 Å². The van der Waals surface area contributed by atoms with Gasteiger partial charge in [0.1, 0.15) is 33.5 Å². The van der Waals surface area contributed by atoms with Crippen LogP contribution in [0.15, 0.2) is 213 Å². The molecule has 0 atom stereocenters. The molecule has 0 aliphatic heterocycles. The maximum Gasteiger partial charge on any atom is 0.140 e. The monoisotopic (exact) mass is 755 g/mol. The third-order valence-corrected chi connectivity index (χ3v) is 12.5. The number of anilines is 3. The first-order valence-corrected chi connectivity index (χ1v) is 20.1. The van der Waals surface area contributed by atoms with Gasteiger partial charge in [-0.05, 0) is 88.5 Å². The Hall–Kier alpha value is -7.82. The summed E-state index contributed by atoms with van der Waals surface area (Å²) in [4.78, 5) is 2.37. The highest BCUT2D eigenvalue weighted by molar-refractivity contribution is 6.11.